The highest BCUT2D eigenvalue weighted by molar-refractivity contribution is 5.85. The minimum atomic E-state index is 0. The summed E-state index contributed by atoms with van der Waals surface area (Å²) in [6.07, 6.45) is 4.63. The quantitative estimate of drug-likeness (QED) is 0.861. The molecular formula is C12H16ClN3. The van der Waals surface area contributed by atoms with Gasteiger partial charge in [-0.15, -0.1) is 12.4 Å². The third-order valence-electron chi connectivity index (χ3n) is 2.34. The molecule has 1 heterocycles. The third-order valence-corrected chi connectivity index (χ3v) is 2.34. The second kappa shape index (κ2) is 5.68. The van der Waals surface area contributed by atoms with Gasteiger partial charge in [0, 0.05) is 17.8 Å². The third kappa shape index (κ3) is 3.08. The van der Waals surface area contributed by atoms with Crippen molar-refractivity contribution in [2.75, 3.05) is 0 Å². The van der Waals surface area contributed by atoms with E-state index in [0.29, 0.717) is 0 Å². The molecule has 0 radical (unpaired) electrons. The lowest BCUT2D eigenvalue weighted by atomic mass is 10.0. The summed E-state index contributed by atoms with van der Waals surface area (Å²) in [5, 5.41) is 6.73. The number of rotatable bonds is 3. The van der Waals surface area contributed by atoms with Crippen molar-refractivity contribution in [2.45, 2.75) is 19.4 Å². The fourth-order valence-electron chi connectivity index (χ4n) is 1.61. The number of hydrogen-bond acceptors (Lipinski definition) is 2. The first-order valence-corrected chi connectivity index (χ1v) is 5.09. The van der Waals surface area contributed by atoms with Gasteiger partial charge in [-0.1, -0.05) is 24.3 Å². The van der Waals surface area contributed by atoms with E-state index in [-0.39, 0.29) is 18.4 Å². The van der Waals surface area contributed by atoms with Crippen molar-refractivity contribution in [3.05, 3.63) is 42.2 Å². The van der Waals surface area contributed by atoms with E-state index in [1.54, 1.807) is 0 Å². The van der Waals surface area contributed by atoms with E-state index in [4.69, 9.17) is 5.73 Å². The summed E-state index contributed by atoms with van der Waals surface area (Å²) >= 11 is 0. The van der Waals surface area contributed by atoms with Crippen LogP contribution in [0.3, 0.4) is 0 Å². The zero-order valence-electron chi connectivity index (χ0n) is 9.18. The highest BCUT2D eigenvalue weighted by Gasteiger charge is 2.00. The van der Waals surface area contributed by atoms with Gasteiger partial charge >= 0.3 is 0 Å². The Hall–Kier alpha value is -1.32. The molecule has 3 nitrogen and oxygen atoms in total. The molecule has 2 aromatic rings. The molecule has 1 aromatic carbocycles. The maximum absolute atomic E-state index is 5.74. The van der Waals surface area contributed by atoms with Crippen molar-refractivity contribution in [2.24, 2.45) is 5.73 Å². The largest absolute Gasteiger partial charge is 0.328 e. The number of hydrogen-bond donors (Lipinski definition) is 2. The van der Waals surface area contributed by atoms with Crippen molar-refractivity contribution in [1.82, 2.24) is 10.2 Å². The molecule has 0 amide bonds. The second-order valence-corrected chi connectivity index (χ2v) is 3.87. The molecule has 0 aliphatic heterocycles. The number of nitrogens with one attached hydrogen (secondary N) is 1. The monoisotopic (exact) mass is 237 g/mol. The summed E-state index contributed by atoms with van der Waals surface area (Å²) < 4.78 is 0. The number of aromatic amines is 1. The molecule has 0 bridgehead atoms. The van der Waals surface area contributed by atoms with Crippen molar-refractivity contribution in [3.8, 4) is 11.1 Å². The molecule has 0 saturated carbocycles. The Morgan fingerprint density at radius 3 is 2.44 bits per heavy atom. The summed E-state index contributed by atoms with van der Waals surface area (Å²) in [5.41, 5.74) is 9.31. The average molecular weight is 238 g/mol. The fraction of sp³-hybridized carbons (Fsp3) is 0.250. The lowest BCUT2D eigenvalue weighted by Crippen LogP contribution is -2.17. The summed E-state index contributed by atoms with van der Waals surface area (Å²) in [4.78, 5) is 0. The molecule has 0 saturated heterocycles. The first-order valence-electron chi connectivity index (χ1n) is 5.09. The Bertz CT molecular complexity index is 406. The van der Waals surface area contributed by atoms with Crippen LogP contribution in [0.5, 0.6) is 0 Å². The van der Waals surface area contributed by atoms with Gasteiger partial charge < -0.3 is 5.73 Å². The van der Waals surface area contributed by atoms with E-state index in [9.17, 15) is 0 Å². The summed E-state index contributed by atoms with van der Waals surface area (Å²) in [6, 6.07) is 8.65. The zero-order chi connectivity index (χ0) is 10.7. The molecule has 16 heavy (non-hydrogen) atoms. The molecule has 0 aliphatic rings. The lowest BCUT2D eigenvalue weighted by molar-refractivity contribution is 0.738. The number of H-pyrrole nitrogens is 1. The highest BCUT2D eigenvalue weighted by Crippen LogP contribution is 2.18. The molecule has 1 atom stereocenters. The molecule has 4 heteroatoms. The van der Waals surface area contributed by atoms with Gasteiger partial charge in [0.15, 0.2) is 0 Å². The van der Waals surface area contributed by atoms with Crippen LogP contribution in [0, 0.1) is 0 Å². The molecule has 86 valence electrons. The number of nitrogens with zero attached hydrogens (tertiary/aromatic N) is 1. The lowest BCUT2D eigenvalue weighted by Gasteiger charge is -2.05. The SMILES string of the molecule is CC(N)Cc1ccc(-c2cn[nH]c2)cc1.Cl. The topological polar surface area (TPSA) is 54.7 Å². The molecule has 1 unspecified atom stereocenters. The van der Waals surface area contributed by atoms with Crippen molar-refractivity contribution >= 4 is 12.4 Å². The average Bonchev–Trinajstić information content (AvgIpc) is 2.71. The Morgan fingerprint density at radius 2 is 1.94 bits per heavy atom. The smallest absolute Gasteiger partial charge is 0.0565 e. The number of nitrogens with two attached hydrogens (primary N) is 1. The molecule has 0 spiro atoms. The number of halogens is 1. The van der Waals surface area contributed by atoms with Crippen LogP contribution >= 0.6 is 12.4 Å². The molecule has 0 fully saturated rings. The van der Waals surface area contributed by atoms with Crippen LogP contribution in [0.4, 0.5) is 0 Å². The van der Waals surface area contributed by atoms with Gasteiger partial charge in [-0.3, -0.25) is 5.10 Å². The Labute approximate surface area is 101 Å². The molecular weight excluding hydrogens is 222 g/mol. The van der Waals surface area contributed by atoms with Crippen molar-refractivity contribution < 1.29 is 0 Å². The van der Waals surface area contributed by atoms with Crippen LogP contribution in [0.25, 0.3) is 11.1 Å². The van der Waals surface area contributed by atoms with Crippen LogP contribution in [-0.4, -0.2) is 16.2 Å². The van der Waals surface area contributed by atoms with Gasteiger partial charge in [0.05, 0.1) is 6.20 Å². The molecule has 1 aromatic heterocycles. The van der Waals surface area contributed by atoms with Crippen LogP contribution < -0.4 is 5.73 Å². The fourth-order valence-corrected chi connectivity index (χ4v) is 1.61. The summed E-state index contributed by atoms with van der Waals surface area (Å²) in [6.45, 7) is 2.02. The Balaban J connectivity index is 0.00000128. The maximum Gasteiger partial charge on any atom is 0.0565 e. The van der Waals surface area contributed by atoms with Gasteiger partial charge in [-0.05, 0) is 24.5 Å². The first kappa shape index (κ1) is 12.7. The van der Waals surface area contributed by atoms with E-state index in [1.807, 2.05) is 19.3 Å². The normalized spacial score (nSPS) is 11.9. The predicted molar refractivity (Wildman–Crippen MR) is 68.6 cm³/mol. The van der Waals surface area contributed by atoms with Crippen molar-refractivity contribution in [1.29, 1.82) is 0 Å². The molecule has 2 rings (SSSR count). The van der Waals surface area contributed by atoms with Gasteiger partial charge in [-0.2, -0.15) is 5.10 Å². The van der Waals surface area contributed by atoms with E-state index in [0.717, 1.165) is 12.0 Å². The predicted octanol–water partition coefficient (Wildman–Crippen LogP) is 2.39. The van der Waals surface area contributed by atoms with Crippen LogP contribution in [-0.2, 0) is 6.42 Å². The molecule has 0 aliphatic carbocycles. The molecule has 3 N–H and O–H groups in total. The van der Waals surface area contributed by atoms with Crippen LogP contribution in [0.15, 0.2) is 36.7 Å². The van der Waals surface area contributed by atoms with E-state index in [2.05, 4.69) is 34.5 Å². The van der Waals surface area contributed by atoms with Gasteiger partial charge in [-0.25, -0.2) is 0 Å². The maximum atomic E-state index is 5.74. The Kier molecular flexibility index (Phi) is 4.52. The minimum Gasteiger partial charge on any atom is -0.328 e. The summed E-state index contributed by atoms with van der Waals surface area (Å²) in [7, 11) is 0. The first-order chi connectivity index (χ1) is 7.25. The van der Waals surface area contributed by atoms with Gasteiger partial charge in [0.2, 0.25) is 0 Å². The van der Waals surface area contributed by atoms with Gasteiger partial charge in [0.25, 0.3) is 0 Å². The van der Waals surface area contributed by atoms with E-state index < -0.39 is 0 Å². The van der Waals surface area contributed by atoms with Crippen LogP contribution in [0.2, 0.25) is 0 Å². The highest BCUT2D eigenvalue weighted by atomic mass is 35.5. The summed E-state index contributed by atoms with van der Waals surface area (Å²) in [5.74, 6) is 0. The zero-order valence-corrected chi connectivity index (χ0v) is 10.00. The standard InChI is InChI=1S/C12H15N3.ClH/c1-9(13)6-10-2-4-11(5-3-10)12-7-14-15-8-12;/h2-5,7-9H,6,13H2,1H3,(H,14,15);1H. The minimum absolute atomic E-state index is 0. The van der Waals surface area contributed by atoms with E-state index in [1.165, 1.54) is 11.1 Å². The van der Waals surface area contributed by atoms with Gasteiger partial charge in [0.1, 0.15) is 0 Å². The van der Waals surface area contributed by atoms with E-state index >= 15 is 0 Å². The number of benzene rings is 1. The van der Waals surface area contributed by atoms with Crippen LogP contribution in [0.1, 0.15) is 12.5 Å². The van der Waals surface area contributed by atoms with Crippen molar-refractivity contribution in [3.63, 3.8) is 0 Å². The second-order valence-electron chi connectivity index (χ2n) is 3.87. The number of aromatic nitrogens is 2. The Morgan fingerprint density at radius 1 is 1.25 bits per heavy atom.